The molecule has 19 heavy (non-hydrogen) atoms. The van der Waals surface area contributed by atoms with Crippen LogP contribution in [0.2, 0.25) is 0 Å². The van der Waals surface area contributed by atoms with Crippen LogP contribution in [0, 0.1) is 5.92 Å². The topological polar surface area (TPSA) is 37.3 Å². The van der Waals surface area contributed by atoms with E-state index in [1.165, 1.54) is 11.8 Å². The van der Waals surface area contributed by atoms with Crippen molar-refractivity contribution in [1.29, 1.82) is 0 Å². The van der Waals surface area contributed by atoms with Crippen LogP contribution in [0.3, 0.4) is 0 Å². The number of hydrogen-bond acceptors (Lipinski definition) is 3. The Bertz CT molecular complexity index is 285. The standard InChI is InChI=1S/C12H21F3O2S2/c13-12(14,15)10(6-3-1-2-4-7-16)11-18-8-5-9-19(11)17/h10-11,16H,1-9H2/t10-,11+,19?/m1/s1. The molecule has 0 aliphatic carbocycles. The van der Waals surface area contributed by atoms with Crippen LogP contribution >= 0.6 is 11.8 Å². The number of hydrogen-bond donors (Lipinski definition) is 1. The molecule has 1 aliphatic heterocycles. The third kappa shape index (κ3) is 6.04. The molecule has 0 aromatic rings. The smallest absolute Gasteiger partial charge is 0.393 e. The summed E-state index contributed by atoms with van der Waals surface area (Å²) in [5.41, 5.74) is 0. The lowest BCUT2D eigenvalue weighted by Gasteiger charge is -2.30. The average Bonchev–Trinajstić information content (AvgIpc) is 2.34. The zero-order valence-corrected chi connectivity index (χ0v) is 12.5. The summed E-state index contributed by atoms with van der Waals surface area (Å²) in [6, 6.07) is 0. The minimum atomic E-state index is -4.26. The molecule has 1 fully saturated rings. The van der Waals surface area contributed by atoms with Crippen LogP contribution in [0.5, 0.6) is 0 Å². The molecule has 1 unspecified atom stereocenters. The van der Waals surface area contributed by atoms with E-state index in [1.54, 1.807) is 0 Å². The summed E-state index contributed by atoms with van der Waals surface area (Å²) in [4.78, 5) is 0. The lowest BCUT2D eigenvalue weighted by Crippen LogP contribution is -2.37. The lowest BCUT2D eigenvalue weighted by molar-refractivity contribution is -0.172. The van der Waals surface area contributed by atoms with Crippen molar-refractivity contribution in [3.63, 3.8) is 0 Å². The van der Waals surface area contributed by atoms with Crippen molar-refractivity contribution in [2.75, 3.05) is 18.1 Å². The molecule has 2 nitrogen and oxygen atoms in total. The Hall–Kier alpha value is 0.250. The van der Waals surface area contributed by atoms with Crippen LogP contribution in [-0.4, -0.2) is 38.2 Å². The maximum Gasteiger partial charge on any atom is 0.393 e. The molecular formula is C12H21F3O2S2. The van der Waals surface area contributed by atoms with E-state index in [2.05, 4.69) is 0 Å². The van der Waals surface area contributed by atoms with Gasteiger partial charge >= 0.3 is 6.18 Å². The van der Waals surface area contributed by atoms with Gasteiger partial charge in [0.2, 0.25) is 0 Å². The number of aliphatic hydroxyl groups excluding tert-OH is 1. The van der Waals surface area contributed by atoms with E-state index in [0.29, 0.717) is 30.8 Å². The predicted octanol–water partition coefficient (Wildman–Crippen LogP) is 3.32. The summed E-state index contributed by atoms with van der Waals surface area (Å²) < 4.78 is 50.2. The zero-order chi connectivity index (χ0) is 14.3. The predicted molar refractivity (Wildman–Crippen MR) is 73.6 cm³/mol. The third-order valence-electron chi connectivity index (χ3n) is 3.20. The second-order valence-electron chi connectivity index (χ2n) is 4.75. The minimum Gasteiger partial charge on any atom is -0.396 e. The van der Waals surface area contributed by atoms with Gasteiger partial charge in [-0.3, -0.25) is 4.21 Å². The first-order valence-electron chi connectivity index (χ1n) is 6.63. The molecule has 0 aromatic carbocycles. The van der Waals surface area contributed by atoms with Crippen molar-refractivity contribution in [2.24, 2.45) is 5.92 Å². The van der Waals surface area contributed by atoms with Gasteiger partial charge in [0.05, 0.1) is 10.5 Å². The lowest BCUT2D eigenvalue weighted by atomic mass is 10.0. The fourth-order valence-electron chi connectivity index (χ4n) is 2.18. The van der Waals surface area contributed by atoms with Gasteiger partial charge in [-0.25, -0.2) is 0 Å². The Morgan fingerprint density at radius 2 is 1.95 bits per heavy atom. The molecule has 1 N–H and O–H groups in total. The minimum absolute atomic E-state index is 0.0539. The van der Waals surface area contributed by atoms with Gasteiger partial charge in [0, 0.05) is 23.2 Å². The van der Waals surface area contributed by atoms with Gasteiger partial charge in [-0.2, -0.15) is 13.2 Å². The van der Waals surface area contributed by atoms with Gasteiger partial charge in [-0.05, 0) is 25.0 Å². The quantitative estimate of drug-likeness (QED) is 0.732. The van der Waals surface area contributed by atoms with Gasteiger partial charge in [0.1, 0.15) is 0 Å². The number of halogens is 3. The number of unbranched alkanes of at least 4 members (excludes halogenated alkanes) is 3. The first kappa shape index (κ1) is 17.3. The molecule has 1 rings (SSSR count). The Balaban J connectivity index is 2.50. The summed E-state index contributed by atoms with van der Waals surface area (Å²) >= 11 is 1.21. The van der Waals surface area contributed by atoms with Crippen molar-refractivity contribution in [1.82, 2.24) is 0 Å². The molecule has 3 atom stereocenters. The number of aliphatic hydroxyl groups is 1. The maximum atomic E-state index is 13.1. The van der Waals surface area contributed by atoms with Crippen LogP contribution in [0.1, 0.15) is 38.5 Å². The van der Waals surface area contributed by atoms with Gasteiger partial charge < -0.3 is 5.11 Å². The van der Waals surface area contributed by atoms with Gasteiger partial charge in [-0.1, -0.05) is 19.3 Å². The molecule has 1 heterocycles. The Morgan fingerprint density at radius 3 is 2.53 bits per heavy atom. The van der Waals surface area contributed by atoms with Crippen molar-refractivity contribution >= 4 is 22.6 Å². The summed E-state index contributed by atoms with van der Waals surface area (Å²) in [5.74, 6) is -0.379. The molecular weight excluding hydrogens is 297 g/mol. The Kier molecular flexibility index (Phi) is 7.76. The molecule has 0 saturated carbocycles. The van der Waals surface area contributed by atoms with Crippen LogP contribution in [0.25, 0.3) is 0 Å². The number of alkyl halides is 3. The van der Waals surface area contributed by atoms with Crippen LogP contribution in [-0.2, 0) is 10.8 Å². The van der Waals surface area contributed by atoms with E-state index < -0.39 is 27.5 Å². The highest BCUT2D eigenvalue weighted by molar-refractivity contribution is 8.11. The summed E-state index contributed by atoms with van der Waals surface area (Å²) in [6.07, 6.45) is -0.896. The number of rotatable bonds is 7. The fraction of sp³-hybridized carbons (Fsp3) is 1.00. The second-order valence-corrected chi connectivity index (χ2v) is 7.98. The SMILES string of the molecule is O=S1CCCS[C@@H]1[C@@H](CCCCCCO)C(F)(F)F. The summed E-state index contributed by atoms with van der Waals surface area (Å²) in [7, 11) is -1.36. The van der Waals surface area contributed by atoms with Crippen LogP contribution in [0.15, 0.2) is 0 Å². The molecule has 0 bridgehead atoms. The van der Waals surface area contributed by atoms with Gasteiger partial charge in [-0.15, -0.1) is 11.8 Å². The Morgan fingerprint density at radius 1 is 1.26 bits per heavy atom. The first-order chi connectivity index (χ1) is 8.96. The highest BCUT2D eigenvalue weighted by Crippen LogP contribution is 2.41. The highest BCUT2D eigenvalue weighted by atomic mass is 32.2. The van der Waals surface area contributed by atoms with Crippen molar-refractivity contribution < 1.29 is 22.5 Å². The Labute approximate surface area is 119 Å². The summed E-state index contributed by atoms with van der Waals surface area (Å²) in [5, 5.41) is 8.62. The number of thioether (sulfide) groups is 1. The molecule has 114 valence electrons. The van der Waals surface area contributed by atoms with Crippen molar-refractivity contribution in [3.05, 3.63) is 0 Å². The van der Waals surface area contributed by atoms with Crippen LogP contribution in [0.4, 0.5) is 13.2 Å². The molecule has 1 aliphatic rings. The van der Waals surface area contributed by atoms with Gasteiger partial charge in [0.25, 0.3) is 0 Å². The summed E-state index contributed by atoms with van der Waals surface area (Å²) in [6.45, 7) is 0.0885. The average molecular weight is 318 g/mol. The van der Waals surface area contributed by atoms with Crippen molar-refractivity contribution in [3.8, 4) is 0 Å². The molecule has 0 amide bonds. The van der Waals surface area contributed by atoms with Crippen LogP contribution < -0.4 is 0 Å². The monoisotopic (exact) mass is 318 g/mol. The van der Waals surface area contributed by atoms with E-state index in [4.69, 9.17) is 5.11 Å². The van der Waals surface area contributed by atoms with E-state index in [9.17, 15) is 17.4 Å². The van der Waals surface area contributed by atoms with E-state index in [1.807, 2.05) is 0 Å². The largest absolute Gasteiger partial charge is 0.396 e. The van der Waals surface area contributed by atoms with Crippen molar-refractivity contribution in [2.45, 2.75) is 49.3 Å². The fourth-order valence-corrected chi connectivity index (χ4v) is 5.93. The molecule has 1 saturated heterocycles. The molecule has 0 spiro atoms. The zero-order valence-electron chi connectivity index (χ0n) is 10.8. The second kappa shape index (κ2) is 8.52. The molecule has 7 heteroatoms. The van der Waals surface area contributed by atoms with E-state index in [-0.39, 0.29) is 13.0 Å². The molecule has 0 aromatic heterocycles. The third-order valence-corrected chi connectivity index (χ3v) is 6.97. The van der Waals surface area contributed by atoms with Gasteiger partial charge in [0.15, 0.2) is 0 Å². The normalized spacial score (nSPS) is 26.3. The highest BCUT2D eigenvalue weighted by Gasteiger charge is 2.47. The van der Waals surface area contributed by atoms with E-state index in [0.717, 1.165) is 12.8 Å². The first-order valence-corrected chi connectivity index (χ1v) is 9.06. The molecule has 0 radical (unpaired) electrons. The van der Waals surface area contributed by atoms with E-state index >= 15 is 0 Å². The maximum absolute atomic E-state index is 13.1.